The number of rotatable bonds is 4. The molecule has 1 N–H and O–H groups in total. The second kappa shape index (κ2) is 6.76. The summed E-state index contributed by atoms with van der Waals surface area (Å²) < 4.78 is 0. The number of benzene rings is 2. The summed E-state index contributed by atoms with van der Waals surface area (Å²) in [6.07, 6.45) is 6.61. The summed E-state index contributed by atoms with van der Waals surface area (Å²) in [4.78, 5) is 0. The van der Waals surface area contributed by atoms with Crippen molar-refractivity contribution in [1.82, 2.24) is 5.32 Å². The van der Waals surface area contributed by atoms with Crippen molar-refractivity contribution < 1.29 is 0 Å². The van der Waals surface area contributed by atoms with Gasteiger partial charge in [-0.3, -0.25) is 0 Å². The lowest BCUT2D eigenvalue weighted by Crippen LogP contribution is -2.37. The third-order valence-electron chi connectivity index (χ3n) is 4.93. The molecule has 0 amide bonds. The van der Waals surface area contributed by atoms with E-state index in [0.717, 1.165) is 5.57 Å². The molecule has 1 aliphatic rings. The Balaban J connectivity index is 2.16. The predicted molar refractivity (Wildman–Crippen MR) is 109 cm³/mol. The smallest absolute Gasteiger partial charge is 0.0788 e. The van der Waals surface area contributed by atoms with Crippen LogP contribution in [0.15, 0.2) is 79.0 Å². The number of hydrogen-bond donors (Lipinski definition) is 1. The Morgan fingerprint density at radius 1 is 1.04 bits per heavy atom. The monoisotopic (exact) mass is 329 g/mol. The average molecular weight is 329 g/mol. The van der Waals surface area contributed by atoms with Crippen molar-refractivity contribution in [2.75, 3.05) is 0 Å². The summed E-state index contributed by atoms with van der Waals surface area (Å²) >= 11 is 0. The van der Waals surface area contributed by atoms with Gasteiger partial charge in [-0.2, -0.15) is 0 Å². The first kappa shape index (κ1) is 17.3. The van der Waals surface area contributed by atoms with Crippen molar-refractivity contribution in [3.05, 3.63) is 90.2 Å². The molecule has 25 heavy (non-hydrogen) atoms. The molecule has 1 nitrogen and oxygen atoms in total. The van der Waals surface area contributed by atoms with Gasteiger partial charge in [0.25, 0.3) is 0 Å². The fraction of sp³-hybridized carbons (Fsp3) is 0.250. The van der Waals surface area contributed by atoms with Gasteiger partial charge in [0.05, 0.1) is 5.54 Å². The maximum Gasteiger partial charge on any atom is 0.0788 e. The molecule has 0 bridgehead atoms. The van der Waals surface area contributed by atoms with E-state index in [2.05, 4.69) is 106 Å². The van der Waals surface area contributed by atoms with Gasteiger partial charge in [0, 0.05) is 0 Å². The molecule has 0 fully saturated rings. The Morgan fingerprint density at radius 2 is 1.76 bits per heavy atom. The fourth-order valence-corrected chi connectivity index (χ4v) is 3.40. The SMILES string of the molecule is C=C(C)c1ccc(-c2ccccc2)cc1C1(C)C=C(C(C)C)C=CN1. The van der Waals surface area contributed by atoms with Gasteiger partial charge < -0.3 is 5.32 Å². The first-order chi connectivity index (χ1) is 11.9. The highest BCUT2D eigenvalue weighted by atomic mass is 14.9. The van der Waals surface area contributed by atoms with Crippen LogP contribution in [0.1, 0.15) is 38.8 Å². The van der Waals surface area contributed by atoms with Crippen LogP contribution >= 0.6 is 0 Å². The first-order valence-corrected chi connectivity index (χ1v) is 8.93. The van der Waals surface area contributed by atoms with E-state index in [9.17, 15) is 0 Å². The highest BCUT2D eigenvalue weighted by molar-refractivity contribution is 5.73. The summed E-state index contributed by atoms with van der Waals surface area (Å²) in [7, 11) is 0. The van der Waals surface area contributed by atoms with Crippen LogP contribution in [0, 0.1) is 5.92 Å². The van der Waals surface area contributed by atoms with Gasteiger partial charge in [-0.25, -0.2) is 0 Å². The molecule has 0 saturated carbocycles. The summed E-state index contributed by atoms with van der Waals surface area (Å²) in [6.45, 7) is 13.0. The van der Waals surface area contributed by atoms with E-state index in [1.807, 2.05) is 0 Å². The summed E-state index contributed by atoms with van der Waals surface area (Å²) in [5.41, 5.74) is 7.16. The highest BCUT2D eigenvalue weighted by Gasteiger charge is 2.29. The molecule has 1 unspecified atom stereocenters. The second-order valence-corrected chi connectivity index (χ2v) is 7.39. The van der Waals surface area contributed by atoms with Gasteiger partial charge in [-0.1, -0.05) is 74.5 Å². The molecule has 1 aliphatic heterocycles. The van der Waals surface area contributed by atoms with Crippen LogP contribution in [0.25, 0.3) is 16.7 Å². The van der Waals surface area contributed by atoms with E-state index in [1.54, 1.807) is 0 Å². The van der Waals surface area contributed by atoms with Crippen molar-refractivity contribution >= 4 is 5.57 Å². The van der Waals surface area contributed by atoms with Gasteiger partial charge >= 0.3 is 0 Å². The van der Waals surface area contributed by atoms with Crippen LogP contribution in [0.3, 0.4) is 0 Å². The quantitative estimate of drug-likeness (QED) is 0.694. The van der Waals surface area contributed by atoms with Crippen molar-refractivity contribution in [2.24, 2.45) is 5.92 Å². The summed E-state index contributed by atoms with van der Waals surface area (Å²) in [5, 5.41) is 3.57. The lowest BCUT2D eigenvalue weighted by Gasteiger charge is -2.34. The number of allylic oxidation sites excluding steroid dienone is 3. The topological polar surface area (TPSA) is 12.0 Å². The van der Waals surface area contributed by atoms with E-state index in [1.165, 1.54) is 27.8 Å². The molecule has 0 aromatic heterocycles. The Kier molecular flexibility index (Phi) is 4.67. The van der Waals surface area contributed by atoms with Gasteiger partial charge in [-0.15, -0.1) is 0 Å². The van der Waals surface area contributed by atoms with Gasteiger partial charge in [0.2, 0.25) is 0 Å². The zero-order valence-electron chi connectivity index (χ0n) is 15.6. The third-order valence-corrected chi connectivity index (χ3v) is 4.93. The molecule has 0 saturated heterocycles. The van der Waals surface area contributed by atoms with E-state index in [0.29, 0.717) is 5.92 Å². The lowest BCUT2D eigenvalue weighted by molar-refractivity contribution is 0.510. The Hall–Kier alpha value is -2.54. The molecular weight excluding hydrogens is 302 g/mol. The molecule has 3 rings (SSSR count). The summed E-state index contributed by atoms with van der Waals surface area (Å²) in [6, 6.07) is 17.2. The van der Waals surface area contributed by atoms with Gasteiger partial charge in [0.1, 0.15) is 0 Å². The van der Waals surface area contributed by atoms with Crippen molar-refractivity contribution in [2.45, 2.75) is 33.2 Å². The van der Waals surface area contributed by atoms with E-state index in [-0.39, 0.29) is 5.54 Å². The molecule has 1 heteroatoms. The number of dihydropyridines is 1. The zero-order chi connectivity index (χ0) is 18.0. The lowest BCUT2D eigenvalue weighted by atomic mass is 9.80. The molecule has 2 aromatic carbocycles. The van der Waals surface area contributed by atoms with Crippen LogP contribution in [0.2, 0.25) is 0 Å². The van der Waals surface area contributed by atoms with Crippen LogP contribution in [0.5, 0.6) is 0 Å². The molecule has 128 valence electrons. The Bertz CT molecular complexity index is 840. The van der Waals surface area contributed by atoms with E-state index in [4.69, 9.17) is 0 Å². The minimum Gasteiger partial charge on any atom is -0.378 e. The fourth-order valence-electron chi connectivity index (χ4n) is 3.40. The summed E-state index contributed by atoms with van der Waals surface area (Å²) in [5.74, 6) is 0.503. The van der Waals surface area contributed by atoms with E-state index >= 15 is 0 Å². The van der Waals surface area contributed by atoms with Crippen LogP contribution < -0.4 is 5.32 Å². The molecule has 0 spiro atoms. The van der Waals surface area contributed by atoms with Crippen molar-refractivity contribution in [3.8, 4) is 11.1 Å². The molecule has 1 atom stereocenters. The number of nitrogens with one attached hydrogen (secondary N) is 1. The molecule has 0 aliphatic carbocycles. The minimum absolute atomic E-state index is 0.243. The first-order valence-electron chi connectivity index (χ1n) is 8.93. The zero-order valence-corrected chi connectivity index (χ0v) is 15.6. The van der Waals surface area contributed by atoms with E-state index < -0.39 is 0 Å². The van der Waals surface area contributed by atoms with Gasteiger partial charge in [0.15, 0.2) is 0 Å². The van der Waals surface area contributed by atoms with Crippen LogP contribution in [-0.2, 0) is 5.54 Å². The van der Waals surface area contributed by atoms with Crippen molar-refractivity contribution in [3.63, 3.8) is 0 Å². The van der Waals surface area contributed by atoms with Crippen LogP contribution in [-0.4, -0.2) is 0 Å². The largest absolute Gasteiger partial charge is 0.378 e. The normalized spacial score (nSPS) is 19.5. The molecule has 0 radical (unpaired) electrons. The maximum atomic E-state index is 4.20. The Labute approximate surface area is 151 Å². The Morgan fingerprint density at radius 3 is 2.40 bits per heavy atom. The molecule has 2 aromatic rings. The molecular formula is C24H27N. The minimum atomic E-state index is -0.243. The highest BCUT2D eigenvalue weighted by Crippen LogP contribution is 2.36. The standard InChI is InChI=1S/C24H27N/c1-17(2)21-13-14-25-24(5,16-21)23-15-20(11-12-22(23)18(3)4)19-9-7-6-8-10-19/h6-17,25H,3H2,1-2,4-5H3. The maximum absolute atomic E-state index is 4.20. The average Bonchev–Trinajstić information content (AvgIpc) is 2.62. The van der Waals surface area contributed by atoms with Crippen molar-refractivity contribution in [1.29, 1.82) is 0 Å². The number of hydrogen-bond acceptors (Lipinski definition) is 1. The predicted octanol–water partition coefficient (Wildman–Crippen LogP) is 6.30. The second-order valence-electron chi connectivity index (χ2n) is 7.39. The molecule has 1 heterocycles. The van der Waals surface area contributed by atoms with Crippen LogP contribution in [0.4, 0.5) is 0 Å². The third kappa shape index (κ3) is 3.46. The van der Waals surface area contributed by atoms with Gasteiger partial charge in [-0.05, 0) is 65.9 Å².